The second-order valence-corrected chi connectivity index (χ2v) is 2.97. The highest BCUT2D eigenvalue weighted by molar-refractivity contribution is 4.79. The van der Waals surface area contributed by atoms with Crippen LogP contribution >= 0.6 is 0 Å². The summed E-state index contributed by atoms with van der Waals surface area (Å²) in [5.41, 5.74) is 5.43. The van der Waals surface area contributed by atoms with E-state index in [4.69, 9.17) is 15.9 Å². The number of rotatable bonds is 4. The molecule has 4 heteroatoms. The van der Waals surface area contributed by atoms with Crippen molar-refractivity contribution in [3.63, 3.8) is 0 Å². The molecule has 0 rings (SSSR count). The quantitative estimate of drug-likeness (QED) is 0.414. The summed E-state index contributed by atoms with van der Waals surface area (Å²) in [5, 5.41) is 26.9. The van der Waals surface area contributed by atoms with Crippen LogP contribution in [0.3, 0.4) is 0 Å². The lowest BCUT2D eigenvalue weighted by Gasteiger charge is -2.25. The number of aliphatic hydroxyl groups excluding tert-OH is 3. The molecule has 0 saturated heterocycles. The summed E-state index contributed by atoms with van der Waals surface area (Å²) in [6.07, 6.45) is -1.60. The van der Waals surface area contributed by atoms with Crippen LogP contribution in [-0.2, 0) is 0 Å². The van der Waals surface area contributed by atoms with E-state index >= 15 is 0 Å². The Balaban J connectivity index is 3.90. The van der Waals surface area contributed by atoms with Crippen molar-refractivity contribution in [1.29, 1.82) is 0 Å². The molecule has 0 aliphatic carbocycles. The average molecular weight is 163 g/mol. The first-order valence-corrected chi connectivity index (χ1v) is 3.73. The summed E-state index contributed by atoms with van der Waals surface area (Å²) in [6.45, 7) is 3.06. The van der Waals surface area contributed by atoms with Gasteiger partial charge in [0.15, 0.2) is 0 Å². The first kappa shape index (κ1) is 10.8. The van der Waals surface area contributed by atoms with E-state index in [2.05, 4.69) is 0 Å². The average Bonchev–Trinajstić information content (AvgIpc) is 2.00. The number of hydrogen-bond acceptors (Lipinski definition) is 4. The first-order valence-electron chi connectivity index (χ1n) is 3.73. The van der Waals surface area contributed by atoms with Crippen LogP contribution < -0.4 is 5.73 Å². The Morgan fingerprint density at radius 2 is 1.73 bits per heavy atom. The predicted molar refractivity (Wildman–Crippen MR) is 41.9 cm³/mol. The van der Waals surface area contributed by atoms with Gasteiger partial charge in [0.2, 0.25) is 0 Å². The number of hydrogen-bond donors (Lipinski definition) is 4. The molecule has 5 N–H and O–H groups in total. The molecule has 4 nitrogen and oxygen atoms in total. The van der Waals surface area contributed by atoms with Gasteiger partial charge in [-0.25, -0.2) is 0 Å². The predicted octanol–water partition coefficient (Wildman–Crippen LogP) is -1.32. The molecule has 0 spiro atoms. The van der Waals surface area contributed by atoms with Crippen LogP contribution in [0.25, 0.3) is 0 Å². The number of aliphatic hydroxyl groups is 3. The molecule has 0 heterocycles. The standard InChI is InChI=1S/C7H17NO3/c1-4(3-9)7(11)6(8)5(2)10/h4-7,9-11H,3,8H2,1-2H3. The Labute approximate surface area is 66.7 Å². The second-order valence-electron chi connectivity index (χ2n) is 2.97. The fourth-order valence-corrected chi connectivity index (χ4v) is 0.773. The summed E-state index contributed by atoms with van der Waals surface area (Å²) in [7, 11) is 0. The van der Waals surface area contributed by atoms with Crippen molar-refractivity contribution in [3.8, 4) is 0 Å². The second kappa shape index (κ2) is 4.66. The van der Waals surface area contributed by atoms with Gasteiger partial charge in [0.25, 0.3) is 0 Å². The maximum absolute atomic E-state index is 9.31. The van der Waals surface area contributed by atoms with Crippen LogP contribution in [-0.4, -0.2) is 40.2 Å². The zero-order valence-electron chi connectivity index (χ0n) is 6.94. The molecule has 0 saturated carbocycles. The maximum Gasteiger partial charge on any atom is 0.0763 e. The van der Waals surface area contributed by atoms with Crippen molar-refractivity contribution >= 4 is 0 Å². The van der Waals surface area contributed by atoms with Gasteiger partial charge in [-0.05, 0) is 6.92 Å². The third-order valence-corrected chi connectivity index (χ3v) is 1.82. The SMILES string of the molecule is CC(O)C(N)C(O)C(C)CO. The highest BCUT2D eigenvalue weighted by atomic mass is 16.3. The minimum atomic E-state index is -0.847. The fourth-order valence-electron chi connectivity index (χ4n) is 0.773. The zero-order chi connectivity index (χ0) is 9.02. The molecular formula is C7H17NO3. The molecule has 4 atom stereocenters. The van der Waals surface area contributed by atoms with E-state index in [9.17, 15) is 5.11 Å². The van der Waals surface area contributed by atoms with Crippen LogP contribution in [0.5, 0.6) is 0 Å². The molecule has 0 amide bonds. The molecule has 0 aromatic rings. The van der Waals surface area contributed by atoms with Gasteiger partial charge < -0.3 is 21.1 Å². The van der Waals surface area contributed by atoms with Crippen LogP contribution in [0.1, 0.15) is 13.8 Å². The van der Waals surface area contributed by atoms with Gasteiger partial charge in [0, 0.05) is 12.5 Å². The van der Waals surface area contributed by atoms with Gasteiger partial charge in [0.05, 0.1) is 18.2 Å². The minimum absolute atomic E-state index is 0.123. The third kappa shape index (κ3) is 3.16. The van der Waals surface area contributed by atoms with E-state index in [0.717, 1.165) is 0 Å². The first-order chi connectivity index (χ1) is 5.00. The van der Waals surface area contributed by atoms with Gasteiger partial charge in [-0.1, -0.05) is 6.92 Å². The molecule has 0 radical (unpaired) electrons. The van der Waals surface area contributed by atoms with Gasteiger partial charge in [-0.15, -0.1) is 0 Å². The Morgan fingerprint density at radius 3 is 2.00 bits per heavy atom. The van der Waals surface area contributed by atoms with E-state index < -0.39 is 18.2 Å². The number of nitrogens with two attached hydrogens (primary N) is 1. The third-order valence-electron chi connectivity index (χ3n) is 1.82. The summed E-state index contributed by atoms with van der Waals surface area (Å²) in [5.74, 6) is -0.292. The monoisotopic (exact) mass is 163 g/mol. The smallest absolute Gasteiger partial charge is 0.0763 e. The molecule has 0 aromatic carbocycles. The Kier molecular flexibility index (Phi) is 4.60. The van der Waals surface area contributed by atoms with Gasteiger partial charge in [-0.2, -0.15) is 0 Å². The van der Waals surface area contributed by atoms with Crippen LogP contribution in [0.15, 0.2) is 0 Å². The largest absolute Gasteiger partial charge is 0.396 e. The summed E-state index contributed by atoms with van der Waals surface area (Å²) < 4.78 is 0. The van der Waals surface area contributed by atoms with Gasteiger partial charge in [-0.3, -0.25) is 0 Å². The highest BCUT2D eigenvalue weighted by Crippen LogP contribution is 2.07. The van der Waals surface area contributed by atoms with Crippen molar-refractivity contribution < 1.29 is 15.3 Å². The van der Waals surface area contributed by atoms with Crippen molar-refractivity contribution in [1.82, 2.24) is 0 Å². The van der Waals surface area contributed by atoms with Gasteiger partial charge in [0.1, 0.15) is 0 Å². The van der Waals surface area contributed by atoms with E-state index in [1.165, 1.54) is 6.92 Å². The molecular weight excluding hydrogens is 146 g/mol. The van der Waals surface area contributed by atoms with Crippen LogP contribution in [0.4, 0.5) is 0 Å². The molecule has 4 unspecified atom stereocenters. The normalized spacial score (nSPS) is 22.4. The van der Waals surface area contributed by atoms with Gasteiger partial charge >= 0.3 is 0 Å². The Morgan fingerprint density at radius 1 is 1.27 bits per heavy atom. The zero-order valence-corrected chi connectivity index (χ0v) is 6.94. The van der Waals surface area contributed by atoms with Crippen molar-refractivity contribution in [3.05, 3.63) is 0 Å². The fraction of sp³-hybridized carbons (Fsp3) is 1.00. The molecule has 0 bridgehead atoms. The van der Waals surface area contributed by atoms with Crippen molar-refractivity contribution in [2.24, 2.45) is 11.7 Å². The lowest BCUT2D eigenvalue weighted by atomic mass is 9.96. The molecule has 68 valence electrons. The lowest BCUT2D eigenvalue weighted by molar-refractivity contribution is 0.0153. The topological polar surface area (TPSA) is 86.7 Å². The van der Waals surface area contributed by atoms with Crippen LogP contribution in [0, 0.1) is 5.92 Å². The molecule has 0 aliphatic heterocycles. The lowest BCUT2D eigenvalue weighted by Crippen LogP contribution is -2.47. The van der Waals surface area contributed by atoms with Crippen LogP contribution in [0.2, 0.25) is 0 Å². The van der Waals surface area contributed by atoms with Crippen molar-refractivity contribution in [2.45, 2.75) is 32.1 Å². The highest BCUT2D eigenvalue weighted by Gasteiger charge is 2.24. The minimum Gasteiger partial charge on any atom is -0.396 e. The van der Waals surface area contributed by atoms with E-state index in [1.807, 2.05) is 0 Å². The van der Waals surface area contributed by atoms with E-state index in [1.54, 1.807) is 6.92 Å². The summed E-state index contributed by atoms with van der Waals surface area (Å²) >= 11 is 0. The maximum atomic E-state index is 9.31. The molecule has 0 aromatic heterocycles. The summed E-state index contributed by atoms with van der Waals surface area (Å²) in [6, 6.07) is -0.683. The molecule has 11 heavy (non-hydrogen) atoms. The molecule has 0 aliphatic rings. The van der Waals surface area contributed by atoms with E-state index in [0.29, 0.717) is 0 Å². The Bertz CT molecular complexity index is 108. The Hall–Kier alpha value is -0.160. The van der Waals surface area contributed by atoms with Crippen molar-refractivity contribution in [2.75, 3.05) is 6.61 Å². The molecule has 0 fully saturated rings. The summed E-state index contributed by atoms with van der Waals surface area (Å²) in [4.78, 5) is 0. The van der Waals surface area contributed by atoms with E-state index in [-0.39, 0.29) is 12.5 Å².